The predicted octanol–water partition coefficient (Wildman–Crippen LogP) is 1.84. The van der Waals surface area contributed by atoms with E-state index in [1.807, 2.05) is 0 Å². The van der Waals surface area contributed by atoms with Crippen LogP contribution in [0.1, 0.15) is 18.4 Å². The molecule has 1 amide bonds. The molecule has 0 saturated carbocycles. The summed E-state index contributed by atoms with van der Waals surface area (Å²) in [6.45, 7) is 1.78. The lowest BCUT2D eigenvalue weighted by Gasteiger charge is -2.13. The van der Waals surface area contributed by atoms with Gasteiger partial charge in [-0.25, -0.2) is 4.39 Å². The maximum Gasteiger partial charge on any atom is 0.258 e. The Morgan fingerprint density at radius 1 is 1.50 bits per heavy atom. The molecule has 1 aromatic rings. The van der Waals surface area contributed by atoms with Gasteiger partial charge in [0.1, 0.15) is 5.82 Å². The summed E-state index contributed by atoms with van der Waals surface area (Å²) >= 11 is 0. The van der Waals surface area contributed by atoms with Gasteiger partial charge in [0.2, 0.25) is 0 Å². The Bertz CT molecular complexity index is 392. The van der Waals surface area contributed by atoms with Crippen LogP contribution >= 0.6 is 0 Å². The normalized spacial score (nSPS) is 20.1. The lowest BCUT2D eigenvalue weighted by Crippen LogP contribution is -2.26. The van der Waals surface area contributed by atoms with E-state index >= 15 is 0 Å². The van der Waals surface area contributed by atoms with Gasteiger partial charge in [-0.15, -0.1) is 0 Å². The van der Waals surface area contributed by atoms with Crippen molar-refractivity contribution in [2.24, 2.45) is 0 Å². The highest BCUT2D eigenvalue weighted by atomic mass is 19.1. The van der Waals surface area contributed by atoms with Gasteiger partial charge in [0.25, 0.3) is 5.91 Å². The van der Waals surface area contributed by atoms with Crippen LogP contribution in [0.15, 0.2) is 18.2 Å². The second-order valence-electron chi connectivity index (χ2n) is 3.24. The summed E-state index contributed by atoms with van der Waals surface area (Å²) in [5.74, 6) is -0.786. The van der Waals surface area contributed by atoms with Gasteiger partial charge in [0.15, 0.2) is 0 Å². The Morgan fingerprint density at radius 3 is 2.86 bits per heavy atom. The molecule has 0 saturated heterocycles. The van der Waals surface area contributed by atoms with Gasteiger partial charge in [-0.2, -0.15) is 5.06 Å². The molecule has 0 radical (unpaired) electrons. The quantitative estimate of drug-likeness (QED) is 0.684. The van der Waals surface area contributed by atoms with Gasteiger partial charge in [0, 0.05) is 6.07 Å². The Kier molecular flexibility index (Phi) is 2.00. The minimum absolute atomic E-state index is 0.159. The summed E-state index contributed by atoms with van der Waals surface area (Å²) < 4.78 is 12.9. The Morgan fingerprint density at radius 2 is 2.21 bits per heavy atom. The van der Waals surface area contributed by atoms with Crippen molar-refractivity contribution >= 4 is 11.6 Å². The van der Waals surface area contributed by atoms with Crippen LogP contribution in [0.25, 0.3) is 0 Å². The Balaban J connectivity index is 2.56. The number of benzene rings is 1. The number of fused-ring (bicyclic) bond motifs is 1. The number of hydrogen-bond acceptors (Lipinski definition) is 2. The van der Waals surface area contributed by atoms with Gasteiger partial charge in [-0.3, -0.25) is 9.63 Å². The average molecular weight is 195 g/mol. The molecule has 3 nitrogen and oxygen atoms in total. The maximum absolute atomic E-state index is 12.9. The van der Waals surface area contributed by atoms with Crippen LogP contribution in [0, 0.1) is 5.82 Å². The molecule has 0 spiro atoms. The Hall–Kier alpha value is -1.42. The molecule has 1 heterocycles. The molecule has 0 fully saturated rings. The summed E-state index contributed by atoms with van der Waals surface area (Å²) in [6.07, 6.45) is 0. The van der Waals surface area contributed by atoms with E-state index in [-0.39, 0.29) is 17.6 Å². The van der Waals surface area contributed by atoms with Crippen molar-refractivity contribution in [2.75, 3.05) is 12.2 Å². The third-order valence-corrected chi connectivity index (χ3v) is 2.43. The van der Waals surface area contributed by atoms with E-state index in [4.69, 9.17) is 4.84 Å². The molecule has 4 heteroatoms. The number of carbonyl (C=O) groups is 1. The second-order valence-corrected chi connectivity index (χ2v) is 3.24. The fraction of sp³-hybridized carbons (Fsp3) is 0.300. The van der Waals surface area contributed by atoms with Crippen LogP contribution in [0.2, 0.25) is 0 Å². The zero-order chi connectivity index (χ0) is 10.3. The smallest absolute Gasteiger partial charge is 0.258 e. The molecule has 2 rings (SSSR count). The summed E-state index contributed by atoms with van der Waals surface area (Å²) in [7, 11) is 1.39. The van der Waals surface area contributed by atoms with E-state index < -0.39 is 0 Å². The molecule has 1 aromatic carbocycles. The third kappa shape index (κ3) is 1.11. The van der Waals surface area contributed by atoms with Crippen LogP contribution in [0.3, 0.4) is 0 Å². The van der Waals surface area contributed by atoms with Crippen LogP contribution in [-0.2, 0) is 9.63 Å². The van der Waals surface area contributed by atoms with Gasteiger partial charge in [-0.05, 0) is 18.6 Å². The van der Waals surface area contributed by atoms with Crippen molar-refractivity contribution in [3.8, 4) is 0 Å². The SMILES string of the molecule is CON1C(=O)C(C)c2ccc(F)cc21. The first-order chi connectivity index (χ1) is 6.65. The molecular weight excluding hydrogens is 185 g/mol. The van der Waals surface area contributed by atoms with E-state index in [2.05, 4.69) is 0 Å². The number of amides is 1. The lowest BCUT2D eigenvalue weighted by atomic mass is 10.0. The molecule has 0 aliphatic carbocycles. The van der Waals surface area contributed by atoms with Crippen molar-refractivity contribution in [2.45, 2.75) is 12.8 Å². The zero-order valence-corrected chi connectivity index (χ0v) is 7.95. The molecular formula is C10H10FNO2. The predicted molar refractivity (Wildman–Crippen MR) is 49.3 cm³/mol. The number of anilines is 1. The minimum Gasteiger partial charge on any atom is -0.271 e. The van der Waals surface area contributed by atoms with Crippen molar-refractivity contribution in [1.29, 1.82) is 0 Å². The highest BCUT2D eigenvalue weighted by Gasteiger charge is 2.34. The molecule has 1 aliphatic rings. The van der Waals surface area contributed by atoms with E-state index in [0.29, 0.717) is 5.69 Å². The molecule has 1 unspecified atom stereocenters. The van der Waals surface area contributed by atoms with E-state index in [1.54, 1.807) is 13.0 Å². The largest absolute Gasteiger partial charge is 0.271 e. The molecule has 14 heavy (non-hydrogen) atoms. The molecule has 0 aromatic heterocycles. The Labute approximate surface area is 81.0 Å². The number of hydrogen-bond donors (Lipinski definition) is 0. The highest BCUT2D eigenvalue weighted by molar-refractivity contribution is 6.02. The standard InChI is InChI=1S/C10H10FNO2/c1-6-8-4-3-7(11)5-9(8)12(14-2)10(6)13/h3-6H,1-2H3. The summed E-state index contributed by atoms with van der Waals surface area (Å²) in [5, 5.41) is 1.13. The number of carbonyl (C=O) groups excluding carboxylic acids is 1. The fourth-order valence-corrected chi connectivity index (χ4v) is 1.67. The average Bonchev–Trinajstić information content (AvgIpc) is 2.39. The second kappa shape index (κ2) is 3.06. The molecule has 1 aliphatic heterocycles. The maximum atomic E-state index is 12.9. The number of rotatable bonds is 1. The lowest BCUT2D eigenvalue weighted by molar-refractivity contribution is -0.124. The van der Waals surface area contributed by atoms with Gasteiger partial charge in [-0.1, -0.05) is 6.07 Å². The molecule has 0 N–H and O–H groups in total. The summed E-state index contributed by atoms with van der Waals surface area (Å²) in [6, 6.07) is 4.27. The summed E-state index contributed by atoms with van der Waals surface area (Å²) in [5.41, 5.74) is 1.31. The van der Waals surface area contributed by atoms with Crippen molar-refractivity contribution in [1.82, 2.24) is 0 Å². The van der Waals surface area contributed by atoms with Crippen molar-refractivity contribution < 1.29 is 14.0 Å². The molecule has 1 atom stereocenters. The van der Waals surface area contributed by atoms with E-state index in [9.17, 15) is 9.18 Å². The van der Waals surface area contributed by atoms with Crippen molar-refractivity contribution in [3.05, 3.63) is 29.6 Å². The minimum atomic E-state index is -0.368. The first-order valence-corrected chi connectivity index (χ1v) is 4.32. The van der Waals surface area contributed by atoms with E-state index in [0.717, 1.165) is 10.6 Å². The van der Waals surface area contributed by atoms with Crippen LogP contribution < -0.4 is 5.06 Å². The topological polar surface area (TPSA) is 29.5 Å². The van der Waals surface area contributed by atoms with Crippen molar-refractivity contribution in [3.63, 3.8) is 0 Å². The van der Waals surface area contributed by atoms with Gasteiger partial charge in [0.05, 0.1) is 18.7 Å². The monoisotopic (exact) mass is 195 g/mol. The number of hydroxylamine groups is 1. The van der Waals surface area contributed by atoms with E-state index in [1.165, 1.54) is 19.2 Å². The van der Waals surface area contributed by atoms with Crippen LogP contribution in [0.5, 0.6) is 0 Å². The van der Waals surface area contributed by atoms with Gasteiger partial charge >= 0.3 is 0 Å². The third-order valence-electron chi connectivity index (χ3n) is 2.43. The fourth-order valence-electron chi connectivity index (χ4n) is 1.67. The number of halogens is 1. The van der Waals surface area contributed by atoms with Gasteiger partial charge < -0.3 is 0 Å². The zero-order valence-electron chi connectivity index (χ0n) is 7.95. The number of nitrogens with zero attached hydrogens (tertiary/aromatic N) is 1. The van der Waals surface area contributed by atoms with Crippen LogP contribution in [-0.4, -0.2) is 13.0 Å². The van der Waals surface area contributed by atoms with Crippen LogP contribution in [0.4, 0.5) is 10.1 Å². The first-order valence-electron chi connectivity index (χ1n) is 4.32. The highest BCUT2D eigenvalue weighted by Crippen LogP contribution is 2.37. The molecule has 74 valence electrons. The first kappa shape index (κ1) is 9.15. The molecule has 0 bridgehead atoms. The summed E-state index contributed by atoms with van der Waals surface area (Å²) in [4.78, 5) is 16.5.